The minimum Gasteiger partial charge on any atom is -0.487 e. The summed E-state index contributed by atoms with van der Waals surface area (Å²) in [6.07, 6.45) is 0. The molecule has 0 fully saturated rings. The fourth-order valence-electron chi connectivity index (χ4n) is 1.35. The number of benzene rings is 1. The van der Waals surface area contributed by atoms with Crippen molar-refractivity contribution >= 4 is 51.7 Å². The fraction of sp³-hybridized carbons (Fsp3) is 0.0833. The minimum absolute atomic E-state index is 0.313. The average molecular weight is 318 g/mol. The van der Waals surface area contributed by atoms with Gasteiger partial charge >= 0.3 is 0 Å². The molecule has 0 saturated heterocycles. The van der Waals surface area contributed by atoms with E-state index in [0.717, 1.165) is 14.8 Å². The monoisotopic (exact) mass is 317 g/mol. The molecular formula is C12H9Cl2NOS2. The zero-order valence-corrected chi connectivity index (χ0v) is 12.3. The summed E-state index contributed by atoms with van der Waals surface area (Å²) >= 11 is 18.3. The molecule has 0 aliphatic carbocycles. The zero-order chi connectivity index (χ0) is 13.1. The van der Waals surface area contributed by atoms with Crippen molar-refractivity contribution in [2.75, 3.05) is 0 Å². The Kier molecular flexibility index (Phi) is 4.45. The Bertz CT molecular complexity index is 583. The Hall–Kier alpha value is -0.810. The van der Waals surface area contributed by atoms with Crippen LogP contribution in [0, 0.1) is 0 Å². The Morgan fingerprint density at radius 1 is 1.28 bits per heavy atom. The van der Waals surface area contributed by atoms with E-state index in [2.05, 4.69) is 0 Å². The lowest BCUT2D eigenvalue weighted by Gasteiger charge is -2.08. The van der Waals surface area contributed by atoms with Gasteiger partial charge in [-0.25, -0.2) is 0 Å². The SMILES string of the molecule is NC(=S)c1ccc(OCc2ccc(Cl)s2)c(Cl)c1. The van der Waals surface area contributed by atoms with Crippen molar-refractivity contribution in [1.29, 1.82) is 0 Å². The van der Waals surface area contributed by atoms with E-state index in [9.17, 15) is 0 Å². The topological polar surface area (TPSA) is 35.2 Å². The van der Waals surface area contributed by atoms with Crippen LogP contribution in [0.2, 0.25) is 9.36 Å². The smallest absolute Gasteiger partial charge is 0.138 e. The van der Waals surface area contributed by atoms with Crippen molar-refractivity contribution < 1.29 is 4.74 Å². The summed E-state index contributed by atoms with van der Waals surface area (Å²) in [7, 11) is 0. The first-order valence-electron chi connectivity index (χ1n) is 5.02. The summed E-state index contributed by atoms with van der Waals surface area (Å²) in [4.78, 5) is 1.35. The van der Waals surface area contributed by atoms with Gasteiger partial charge in [-0.15, -0.1) is 11.3 Å². The molecule has 0 atom stereocenters. The van der Waals surface area contributed by atoms with Crippen LogP contribution in [0.4, 0.5) is 0 Å². The van der Waals surface area contributed by atoms with Crippen molar-refractivity contribution in [3.63, 3.8) is 0 Å². The summed E-state index contributed by atoms with van der Waals surface area (Å²) in [6, 6.07) is 8.99. The molecule has 0 saturated carbocycles. The standard InChI is InChI=1S/C12H9Cl2NOS2/c13-9-5-7(12(15)17)1-3-10(9)16-6-8-2-4-11(14)18-8/h1-5H,6H2,(H2,15,17). The van der Waals surface area contributed by atoms with Gasteiger partial charge in [0.2, 0.25) is 0 Å². The van der Waals surface area contributed by atoms with Crippen LogP contribution in [-0.2, 0) is 6.61 Å². The Morgan fingerprint density at radius 3 is 2.61 bits per heavy atom. The van der Waals surface area contributed by atoms with Crippen LogP contribution in [0.25, 0.3) is 0 Å². The first kappa shape index (κ1) is 13.6. The largest absolute Gasteiger partial charge is 0.487 e. The Balaban J connectivity index is 2.08. The van der Waals surface area contributed by atoms with E-state index in [1.54, 1.807) is 18.2 Å². The number of hydrogen-bond donors (Lipinski definition) is 1. The Labute approximate surface area is 124 Å². The van der Waals surface area contributed by atoms with E-state index < -0.39 is 0 Å². The lowest BCUT2D eigenvalue weighted by atomic mass is 10.2. The third-order valence-corrected chi connectivity index (χ3v) is 3.95. The van der Waals surface area contributed by atoms with Crippen molar-refractivity contribution in [2.24, 2.45) is 5.73 Å². The maximum Gasteiger partial charge on any atom is 0.138 e. The molecule has 18 heavy (non-hydrogen) atoms. The Morgan fingerprint density at radius 2 is 2.06 bits per heavy atom. The van der Waals surface area contributed by atoms with Crippen molar-refractivity contribution in [1.82, 2.24) is 0 Å². The molecule has 0 radical (unpaired) electrons. The molecule has 94 valence electrons. The van der Waals surface area contributed by atoms with Gasteiger partial charge in [-0.05, 0) is 30.3 Å². The summed E-state index contributed by atoms with van der Waals surface area (Å²) < 4.78 is 6.35. The van der Waals surface area contributed by atoms with E-state index in [-0.39, 0.29) is 0 Å². The van der Waals surface area contributed by atoms with E-state index in [4.69, 9.17) is 45.9 Å². The fourth-order valence-corrected chi connectivity index (χ4v) is 2.71. The van der Waals surface area contributed by atoms with E-state index >= 15 is 0 Å². The highest BCUT2D eigenvalue weighted by Crippen LogP contribution is 2.28. The molecule has 6 heteroatoms. The number of hydrogen-bond acceptors (Lipinski definition) is 3. The third kappa shape index (κ3) is 3.36. The molecule has 2 nitrogen and oxygen atoms in total. The second-order valence-corrected chi connectivity index (χ2v) is 6.15. The number of halogens is 2. The van der Waals surface area contributed by atoms with Crippen LogP contribution < -0.4 is 10.5 Å². The predicted molar refractivity (Wildman–Crippen MR) is 81.0 cm³/mol. The van der Waals surface area contributed by atoms with Crippen LogP contribution in [0.5, 0.6) is 5.75 Å². The molecule has 1 aromatic heterocycles. The molecule has 2 aromatic rings. The molecule has 0 aliphatic heterocycles. The van der Waals surface area contributed by atoms with Crippen LogP contribution in [0.1, 0.15) is 10.4 Å². The zero-order valence-electron chi connectivity index (χ0n) is 9.15. The van der Waals surface area contributed by atoms with Gasteiger partial charge < -0.3 is 10.5 Å². The summed E-state index contributed by atoms with van der Waals surface area (Å²) in [5, 5.41) is 0.489. The summed E-state index contributed by atoms with van der Waals surface area (Å²) in [5.41, 5.74) is 6.24. The maximum atomic E-state index is 6.08. The van der Waals surface area contributed by atoms with Gasteiger partial charge in [-0.3, -0.25) is 0 Å². The van der Waals surface area contributed by atoms with Crippen LogP contribution in [0.15, 0.2) is 30.3 Å². The average Bonchev–Trinajstić information content (AvgIpc) is 2.73. The second kappa shape index (κ2) is 5.89. The molecule has 1 aromatic carbocycles. The molecule has 0 unspecified atom stereocenters. The van der Waals surface area contributed by atoms with Gasteiger partial charge in [0, 0.05) is 10.4 Å². The van der Waals surface area contributed by atoms with E-state index in [1.165, 1.54) is 11.3 Å². The maximum absolute atomic E-state index is 6.08. The first-order chi connectivity index (χ1) is 8.56. The van der Waals surface area contributed by atoms with Crippen LogP contribution in [-0.4, -0.2) is 4.99 Å². The van der Waals surface area contributed by atoms with E-state index in [1.807, 2.05) is 12.1 Å². The molecule has 0 spiro atoms. The van der Waals surface area contributed by atoms with Gasteiger partial charge in [0.25, 0.3) is 0 Å². The van der Waals surface area contributed by atoms with Gasteiger partial charge in [0.05, 0.1) is 9.36 Å². The van der Waals surface area contributed by atoms with Gasteiger partial charge in [-0.1, -0.05) is 35.4 Å². The van der Waals surface area contributed by atoms with Crippen molar-refractivity contribution in [3.8, 4) is 5.75 Å². The third-order valence-electron chi connectivity index (χ3n) is 2.22. The highest BCUT2D eigenvalue weighted by atomic mass is 35.5. The van der Waals surface area contributed by atoms with Crippen molar-refractivity contribution in [2.45, 2.75) is 6.61 Å². The molecule has 0 bridgehead atoms. The normalized spacial score (nSPS) is 10.3. The minimum atomic E-state index is 0.313. The van der Waals surface area contributed by atoms with Crippen LogP contribution >= 0.6 is 46.8 Å². The van der Waals surface area contributed by atoms with Crippen molar-refractivity contribution in [3.05, 3.63) is 50.1 Å². The molecular weight excluding hydrogens is 309 g/mol. The second-order valence-electron chi connectivity index (χ2n) is 3.50. The lowest BCUT2D eigenvalue weighted by molar-refractivity contribution is 0.310. The summed E-state index contributed by atoms with van der Waals surface area (Å²) in [6.45, 7) is 0.434. The first-order valence-corrected chi connectivity index (χ1v) is 7.00. The molecule has 1 heterocycles. The predicted octanol–water partition coefficient (Wildman–Crippen LogP) is 4.27. The molecule has 2 rings (SSSR count). The van der Waals surface area contributed by atoms with E-state index in [0.29, 0.717) is 22.4 Å². The summed E-state index contributed by atoms with van der Waals surface area (Å²) in [5.74, 6) is 0.598. The lowest BCUT2D eigenvalue weighted by Crippen LogP contribution is -2.09. The van der Waals surface area contributed by atoms with Crippen LogP contribution in [0.3, 0.4) is 0 Å². The van der Waals surface area contributed by atoms with Gasteiger partial charge in [0.1, 0.15) is 17.3 Å². The number of thiocarbonyl (C=S) groups is 1. The highest BCUT2D eigenvalue weighted by Gasteiger charge is 2.06. The highest BCUT2D eigenvalue weighted by molar-refractivity contribution is 7.80. The number of thiophene rings is 1. The van der Waals surface area contributed by atoms with Gasteiger partial charge in [-0.2, -0.15) is 0 Å². The molecule has 2 N–H and O–H groups in total. The molecule has 0 amide bonds. The number of rotatable bonds is 4. The quantitative estimate of drug-likeness (QED) is 0.855. The van der Waals surface area contributed by atoms with Gasteiger partial charge in [0.15, 0.2) is 0 Å². The number of nitrogens with two attached hydrogens (primary N) is 1. The molecule has 0 aliphatic rings. The number of ether oxygens (including phenoxy) is 1.